The molecule has 0 saturated carbocycles. The van der Waals surface area contributed by atoms with Crippen molar-refractivity contribution in [2.24, 2.45) is 0 Å². The summed E-state index contributed by atoms with van der Waals surface area (Å²) in [6.45, 7) is 2.81. The second kappa shape index (κ2) is 6.07. The van der Waals surface area contributed by atoms with Crippen molar-refractivity contribution in [2.45, 2.75) is 6.92 Å². The average Bonchev–Trinajstić information content (AvgIpc) is 2.82. The number of esters is 1. The summed E-state index contributed by atoms with van der Waals surface area (Å²) in [6, 6.07) is 7.60. The fourth-order valence-electron chi connectivity index (χ4n) is 1.76. The molecule has 1 heterocycles. The first-order valence-corrected chi connectivity index (χ1v) is 6.18. The van der Waals surface area contributed by atoms with Crippen LogP contribution in [0, 0.1) is 11.8 Å². The van der Waals surface area contributed by atoms with Crippen LogP contribution >= 0.6 is 0 Å². The number of carbonyl (C=O) groups excluding carboxylic acids is 1. The molecule has 0 aliphatic heterocycles. The first-order valence-electron chi connectivity index (χ1n) is 6.18. The lowest BCUT2D eigenvalue weighted by Gasteiger charge is -1.96. The minimum Gasteiger partial charge on any atom is -0.461 e. The second-order valence-electron chi connectivity index (χ2n) is 4.04. The Kier molecular flexibility index (Phi) is 4.22. The van der Waals surface area contributed by atoms with Crippen molar-refractivity contribution in [3.8, 4) is 11.8 Å². The molecule has 1 aromatic heterocycles. The van der Waals surface area contributed by atoms with Gasteiger partial charge in [-0.05, 0) is 32.2 Å². The van der Waals surface area contributed by atoms with Gasteiger partial charge in [-0.1, -0.05) is 17.9 Å². The quantitative estimate of drug-likeness (QED) is 0.651. The number of aromatic amines is 1. The van der Waals surface area contributed by atoms with Crippen molar-refractivity contribution in [3.05, 3.63) is 35.5 Å². The van der Waals surface area contributed by atoms with Gasteiger partial charge in [0.1, 0.15) is 5.69 Å². The molecule has 0 atom stereocenters. The smallest absolute Gasteiger partial charge is 0.354 e. The van der Waals surface area contributed by atoms with E-state index in [0.717, 1.165) is 16.5 Å². The summed E-state index contributed by atoms with van der Waals surface area (Å²) in [7, 11) is 1.86. The summed E-state index contributed by atoms with van der Waals surface area (Å²) in [4.78, 5) is 14.7. The number of rotatable bonds is 3. The number of hydrogen-bond donors (Lipinski definition) is 2. The molecular weight excluding hydrogens is 240 g/mol. The van der Waals surface area contributed by atoms with E-state index in [1.54, 1.807) is 13.0 Å². The summed E-state index contributed by atoms with van der Waals surface area (Å²) in [6.07, 6.45) is 0. The van der Waals surface area contributed by atoms with Crippen LogP contribution in [0.15, 0.2) is 24.3 Å². The molecule has 19 heavy (non-hydrogen) atoms. The summed E-state index contributed by atoms with van der Waals surface area (Å²) in [5, 5.41) is 3.94. The van der Waals surface area contributed by atoms with Crippen LogP contribution in [0.2, 0.25) is 0 Å². The molecule has 0 aliphatic carbocycles. The van der Waals surface area contributed by atoms with E-state index < -0.39 is 0 Å². The van der Waals surface area contributed by atoms with Gasteiger partial charge in [0.15, 0.2) is 0 Å². The van der Waals surface area contributed by atoms with Gasteiger partial charge in [0.2, 0.25) is 0 Å². The van der Waals surface area contributed by atoms with Crippen molar-refractivity contribution >= 4 is 16.9 Å². The third kappa shape index (κ3) is 3.15. The molecule has 0 unspecified atom stereocenters. The van der Waals surface area contributed by atoms with Crippen molar-refractivity contribution in [2.75, 3.05) is 20.2 Å². The first kappa shape index (κ1) is 13.2. The lowest BCUT2D eigenvalue weighted by Crippen LogP contribution is -2.04. The molecule has 1 aromatic carbocycles. The Morgan fingerprint density at radius 1 is 1.42 bits per heavy atom. The molecular formula is C15H16N2O2. The minimum atomic E-state index is -0.332. The van der Waals surface area contributed by atoms with Crippen LogP contribution in [-0.2, 0) is 4.74 Å². The Morgan fingerprint density at radius 3 is 3.00 bits per heavy atom. The Labute approximate surface area is 112 Å². The molecule has 2 N–H and O–H groups in total. The van der Waals surface area contributed by atoms with Crippen molar-refractivity contribution < 1.29 is 9.53 Å². The van der Waals surface area contributed by atoms with Gasteiger partial charge in [-0.3, -0.25) is 0 Å². The fraction of sp³-hybridized carbons (Fsp3) is 0.267. The van der Waals surface area contributed by atoms with E-state index in [0.29, 0.717) is 18.8 Å². The number of H-pyrrole nitrogens is 1. The van der Waals surface area contributed by atoms with Gasteiger partial charge in [0.25, 0.3) is 0 Å². The van der Waals surface area contributed by atoms with Crippen LogP contribution in [0.5, 0.6) is 0 Å². The minimum absolute atomic E-state index is 0.332. The van der Waals surface area contributed by atoms with Gasteiger partial charge in [-0.25, -0.2) is 4.79 Å². The highest BCUT2D eigenvalue weighted by molar-refractivity contribution is 5.95. The molecule has 4 heteroatoms. The average molecular weight is 256 g/mol. The Balaban J connectivity index is 2.29. The van der Waals surface area contributed by atoms with E-state index in [2.05, 4.69) is 22.1 Å². The van der Waals surface area contributed by atoms with E-state index in [1.165, 1.54) is 0 Å². The SMILES string of the molecule is CCOC(=O)c1cc2ccc(C#CCNC)cc2[nH]1. The highest BCUT2D eigenvalue weighted by Crippen LogP contribution is 2.17. The number of hydrogen-bond acceptors (Lipinski definition) is 3. The Hall–Kier alpha value is -2.25. The zero-order chi connectivity index (χ0) is 13.7. The molecule has 0 aliphatic rings. The van der Waals surface area contributed by atoms with Crippen LogP contribution in [-0.4, -0.2) is 31.2 Å². The number of benzene rings is 1. The number of ether oxygens (including phenoxy) is 1. The maximum Gasteiger partial charge on any atom is 0.354 e. The molecule has 98 valence electrons. The van der Waals surface area contributed by atoms with E-state index in [4.69, 9.17) is 4.74 Å². The van der Waals surface area contributed by atoms with Gasteiger partial charge < -0.3 is 15.0 Å². The maximum atomic E-state index is 11.6. The molecule has 0 bridgehead atoms. The summed E-state index contributed by atoms with van der Waals surface area (Å²) in [5.41, 5.74) is 2.27. The van der Waals surface area contributed by atoms with Crippen LogP contribution in [0.25, 0.3) is 10.9 Å². The highest BCUT2D eigenvalue weighted by atomic mass is 16.5. The summed E-state index contributed by atoms with van der Waals surface area (Å²) >= 11 is 0. The topological polar surface area (TPSA) is 54.1 Å². The van der Waals surface area contributed by atoms with Crippen LogP contribution in [0.3, 0.4) is 0 Å². The molecule has 2 aromatic rings. The summed E-state index contributed by atoms with van der Waals surface area (Å²) < 4.78 is 4.96. The lowest BCUT2D eigenvalue weighted by molar-refractivity contribution is 0.0520. The van der Waals surface area contributed by atoms with Crippen LogP contribution < -0.4 is 5.32 Å². The van der Waals surface area contributed by atoms with E-state index in [9.17, 15) is 4.79 Å². The number of nitrogens with one attached hydrogen (secondary N) is 2. The molecule has 0 amide bonds. The van der Waals surface area contributed by atoms with Gasteiger partial charge in [-0.2, -0.15) is 0 Å². The maximum absolute atomic E-state index is 11.6. The monoisotopic (exact) mass is 256 g/mol. The van der Waals surface area contributed by atoms with Gasteiger partial charge >= 0.3 is 5.97 Å². The fourth-order valence-corrected chi connectivity index (χ4v) is 1.76. The molecule has 0 fully saturated rings. The molecule has 0 saturated heterocycles. The zero-order valence-corrected chi connectivity index (χ0v) is 11.0. The molecule has 4 nitrogen and oxygen atoms in total. The third-order valence-electron chi connectivity index (χ3n) is 2.62. The molecule has 2 rings (SSSR count). The van der Waals surface area contributed by atoms with E-state index >= 15 is 0 Å². The first-order chi connectivity index (χ1) is 9.24. The predicted octanol–water partition coefficient (Wildman–Crippen LogP) is 1.92. The largest absolute Gasteiger partial charge is 0.461 e. The lowest BCUT2D eigenvalue weighted by atomic mass is 10.1. The van der Waals surface area contributed by atoms with Gasteiger partial charge in [0.05, 0.1) is 13.2 Å². The van der Waals surface area contributed by atoms with Crippen molar-refractivity contribution in [1.29, 1.82) is 0 Å². The molecule has 0 spiro atoms. The van der Waals surface area contributed by atoms with Crippen LogP contribution in [0.1, 0.15) is 23.0 Å². The van der Waals surface area contributed by atoms with Gasteiger partial charge in [-0.15, -0.1) is 0 Å². The summed E-state index contributed by atoms with van der Waals surface area (Å²) in [5.74, 6) is 5.72. The number of carbonyl (C=O) groups is 1. The van der Waals surface area contributed by atoms with Crippen LogP contribution in [0.4, 0.5) is 0 Å². The second-order valence-corrected chi connectivity index (χ2v) is 4.04. The van der Waals surface area contributed by atoms with Gasteiger partial charge in [0, 0.05) is 16.5 Å². The Bertz CT molecular complexity index is 647. The van der Waals surface area contributed by atoms with Crippen molar-refractivity contribution in [1.82, 2.24) is 10.3 Å². The van der Waals surface area contributed by atoms with E-state index in [1.807, 2.05) is 25.2 Å². The predicted molar refractivity (Wildman–Crippen MR) is 75.1 cm³/mol. The van der Waals surface area contributed by atoms with E-state index in [-0.39, 0.29) is 5.97 Å². The zero-order valence-electron chi connectivity index (χ0n) is 11.0. The standard InChI is InChI=1S/C15H16N2O2/c1-3-19-15(18)14-10-12-7-6-11(5-4-8-16-2)9-13(12)17-14/h6-7,9-10,16-17H,3,8H2,1-2H3. The molecule has 0 radical (unpaired) electrons. The number of fused-ring (bicyclic) bond motifs is 1. The number of aromatic nitrogens is 1. The van der Waals surface area contributed by atoms with Crippen molar-refractivity contribution in [3.63, 3.8) is 0 Å². The Morgan fingerprint density at radius 2 is 2.26 bits per heavy atom. The highest BCUT2D eigenvalue weighted by Gasteiger charge is 2.09. The normalized spacial score (nSPS) is 10.0. The third-order valence-corrected chi connectivity index (χ3v) is 2.62.